The van der Waals surface area contributed by atoms with Crippen LogP contribution in [0.2, 0.25) is 0 Å². The van der Waals surface area contributed by atoms with E-state index in [2.05, 4.69) is 26.2 Å². The van der Waals surface area contributed by atoms with Gasteiger partial charge in [-0.1, -0.05) is 29.5 Å². The molecule has 0 saturated carbocycles. The summed E-state index contributed by atoms with van der Waals surface area (Å²) in [7, 11) is 0. The molecule has 0 saturated heterocycles. The average molecular weight is 346 g/mol. The number of halogens is 2. The molecule has 1 aromatic heterocycles. The molecule has 0 fully saturated rings. The number of hydrogen-bond donors (Lipinski definition) is 0. The zero-order valence-corrected chi connectivity index (χ0v) is 12.3. The van der Waals surface area contributed by atoms with Gasteiger partial charge in [-0.2, -0.15) is 0 Å². The van der Waals surface area contributed by atoms with E-state index in [9.17, 15) is 9.18 Å². The highest BCUT2D eigenvalue weighted by atomic mass is 79.9. The Bertz CT molecular complexity index is 802. The molecule has 0 aliphatic carbocycles. The topological polar surface area (TPSA) is 47.8 Å². The van der Waals surface area contributed by atoms with E-state index in [-0.39, 0.29) is 21.5 Å². The van der Waals surface area contributed by atoms with Gasteiger partial charge in [-0.3, -0.25) is 4.79 Å². The number of carbonyl (C=O) groups excluding carboxylic acids is 1. The Labute approximate surface area is 128 Å². The lowest BCUT2D eigenvalue weighted by atomic mass is 10.1. The molecule has 0 aliphatic rings. The van der Waals surface area contributed by atoms with Crippen molar-refractivity contribution in [3.05, 3.63) is 76.3 Å². The first-order valence-electron chi connectivity index (χ1n) is 6.13. The Morgan fingerprint density at radius 2 is 1.86 bits per heavy atom. The van der Waals surface area contributed by atoms with Gasteiger partial charge in [0.2, 0.25) is 5.78 Å². The summed E-state index contributed by atoms with van der Waals surface area (Å²) in [5.74, 6) is -0.838. The Balaban J connectivity index is 2.08. The fourth-order valence-electron chi connectivity index (χ4n) is 1.97. The minimum absolute atomic E-state index is 0.135. The van der Waals surface area contributed by atoms with Gasteiger partial charge >= 0.3 is 0 Å². The molecule has 0 spiro atoms. The van der Waals surface area contributed by atoms with Crippen LogP contribution >= 0.6 is 15.9 Å². The van der Waals surface area contributed by atoms with Crippen LogP contribution in [-0.2, 0) is 0 Å². The molecule has 0 aliphatic heterocycles. The summed E-state index contributed by atoms with van der Waals surface area (Å²) < 4.78 is 15.1. The fourth-order valence-corrected chi connectivity index (χ4v) is 2.41. The van der Waals surface area contributed by atoms with E-state index < -0.39 is 5.82 Å². The third kappa shape index (κ3) is 2.50. The second kappa shape index (κ2) is 5.57. The Hall–Kier alpha value is -2.34. The summed E-state index contributed by atoms with van der Waals surface area (Å²) in [6, 6.07) is 13.5. The lowest BCUT2D eigenvalue weighted by Gasteiger charge is -2.07. The second-order valence-electron chi connectivity index (χ2n) is 4.30. The van der Waals surface area contributed by atoms with E-state index in [1.807, 2.05) is 30.3 Å². The number of para-hydroxylation sites is 1. The first kappa shape index (κ1) is 13.6. The smallest absolute Gasteiger partial charge is 0.214 e. The van der Waals surface area contributed by atoms with Gasteiger partial charge in [0.25, 0.3) is 0 Å². The summed E-state index contributed by atoms with van der Waals surface area (Å²) >= 11 is 3.10. The number of hydrogen-bond acceptors (Lipinski definition) is 3. The molecule has 4 nitrogen and oxygen atoms in total. The van der Waals surface area contributed by atoms with E-state index >= 15 is 0 Å². The van der Waals surface area contributed by atoms with E-state index in [1.165, 1.54) is 23.0 Å². The van der Waals surface area contributed by atoms with Gasteiger partial charge in [-0.05, 0) is 40.2 Å². The maximum Gasteiger partial charge on any atom is 0.214 e. The minimum Gasteiger partial charge on any atom is -0.287 e. The van der Waals surface area contributed by atoms with Gasteiger partial charge in [0.05, 0.1) is 16.4 Å². The molecular weight excluding hydrogens is 337 g/mol. The second-order valence-corrected chi connectivity index (χ2v) is 5.09. The number of carbonyl (C=O) groups is 1. The molecule has 3 aromatic rings. The maximum absolute atomic E-state index is 13.6. The molecule has 0 N–H and O–H groups in total. The van der Waals surface area contributed by atoms with Crippen molar-refractivity contribution in [2.24, 2.45) is 0 Å². The van der Waals surface area contributed by atoms with Crippen LogP contribution in [0.25, 0.3) is 5.69 Å². The van der Waals surface area contributed by atoms with E-state index in [1.54, 1.807) is 6.07 Å². The molecule has 1 heterocycles. The third-order valence-electron chi connectivity index (χ3n) is 2.98. The van der Waals surface area contributed by atoms with Crippen molar-refractivity contribution in [2.75, 3.05) is 0 Å². The average Bonchev–Trinajstić information content (AvgIpc) is 3.00. The lowest BCUT2D eigenvalue weighted by Crippen LogP contribution is -2.11. The highest BCUT2D eigenvalue weighted by Crippen LogP contribution is 2.23. The van der Waals surface area contributed by atoms with Gasteiger partial charge in [-0.15, -0.1) is 5.10 Å². The van der Waals surface area contributed by atoms with Gasteiger partial charge in [0.15, 0.2) is 0 Å². The molecule has 2 aromatic carbocycles. The molecule has 0 atom stereocenters. The lowest BCUT2D eigenvalue weighted by molar-refractivity contribution is 0.103. The molecule has 0 amide bonds. The van der Waals surface area contributed by atoms with Crippen LogP contribution in [0, 0.1) is 5.82 Å². The van der Waals surface area contributed by atoms with Crippen molar-refractivity contribution in [3.8, 4) is 5.69 Å². The molecule has 6 heteroatoms. The number of rotatable bonds is 3. The maximum atomic E-state index is 13.6. The van der Waals surface area contributed by atoms with Gasteiger partial charge in [0, 0.05) is 5.56 Å². The van der Waals surface area contributed by atoms with E-state index in [0.717, 1.165) is 0 Å². The largest absolute Gasteiger partial charge is 0.287 e. The Morgan fingerprint density at radius 3 is 2.62 bits per heavy atom. The van der Waals surface area contributed by atoms with Crippen LogP contribution in [0.5, 0.6) is 0 Å². The van der Waals surface area contributed by atoms with Crippen molar-refractivity contribution < 1.29 is 9.18 Å². The number of aromatic nitrogens is 3. The summed E-state index contributed by atoms with van der Waals surface area (Å²) in [6.45, 7) is 0. The van der Waals surface area contributed by atoms with Gasteiger partial charge in [0.1, 0.15) is 11.5 Å². The highest BCUT2D eigenvalue weighted by Gasteiger charge is 2.20. The fraction of sp³-hybridized carbons (Fsp3) is 0. The number of benzene rings is 2. The first-order chi connectivity index (χ1) is 10.2. The molecule has 0 radical (unpaired) electrons. The van der Waals surface area contributed by atoms with Crippen LogP contribution in [-0.4, -0.2) is 20.8 Å². The molecule has 0 bridgehead atoms. The Morgan fingerprint density at radius 1 is 1.10 bits per heavy atom. The van der Waals surface area contributed by atoms with Crippen LogP contribution in [0.3, 0.4) is 0 Å². The van der Waals surface area contributed by atoms with Crippen LogP contribution in [0.1, 0.15) is 16.1 Å². The summed E-state index contributed by atoms with van der Waals surface area (Å²) in [5, 5.41) is 7.70. The zero-order chi connectivity index (χ0) is 14.8. The summed E-state index contributed by atoms with van der Waals surface area (Å²) in [5.41, 5.74) is 1.22. The van der Waals surface area contributed by atoms with Crippen molar-refractivity contribution in [1.82, 2.24) is 15.0 Å². The Kier molecular flexibility index (Phi) is 3.62. The van der Waals surface area contributed by atoms with Gasteiger partial charge in [-0.25, -0.2) is 9.07 Å². The van der Waals surface area contributed by atoms with Crippen LogP contribution < -0.4 is 0 Å². The van der Waals surface area contributed by atoms with Crippen molar-refractivity contribution in [2.45, 2.75) is 0 Å². The molecule has 21 heavy (non-hydrogen) atoms. The molecule has 104 valence electrons. The number of nitrogens with zero attached hydrogens (tertiary/aromatic N) is 3. The van der Waals surface area contributed by atoms with Crippen LogP contribution in [0.4, 0.5) is 4.39 Å². The normalized spacial score (nSPS) is 10.6. The third-order valence-corrected chi connectivity index (χ3v) is 3.78. The number of ketones is 1. The minimum atomic E-state index is -0.486. The first-order valence-corrected chi connectivity index (χ1v) is 6.92. The molecule has 3 rings (SSSR count). The quantitative estimate of drug-likeness (QED) is 0.683. The van der Waals surface area contributed by atoms with Gasteiger partial charge < -0.3 is 0 Å². The predicted octanol–water partition coefficient (Wildman–Crippen LogP) is 3.40. The summed E-state index contributed by atoms with van der Waals surface area (Å²) in [6.07, 6.45) is 1.37. The SMILES string of the molecule is O=C(c1cccc(F)c1Br)c1cnnn1-c1ccccc1. The highest BCUT2D eigenvalue weighted by molar-refractivity contribution is 9.10. The monoisotopic (exact) mass is 345 g/mol. The zero-order valence-electron chi connectivity index (χ0n) is 10.7. The molecular formula is C15H9BrFN3O. The van der Waals surface area contributed by atoms with Crippen molar-refractivity contribution in [1.29, 1.82) is 0 Å². The summed E-state index contributed by atoms with van der Waals surface area (Å²) in [4.78, 5) is 12.6. The standard InChI is InChI=1S/C15H9BrFN3O/c16-14-11(7-4-8-12(14)17)15(21)13-9-18-19-20(13)10-5-2-1-3-6-10/h1-9H. The predicted molar refractivity (Wildman–Crippen MR) is 78.9 cm³/mol. The van der Waals surface area contributed by atoms with Crippen LogP contribution in [0.15, 0.2) is 59.2 Å². The molecule has 0 unspecified atom stereocenters. The van der Waals surface area contributed by atoms with E-state index in [0.29, 0.717) is 5.69 Å². The van der Waals surface area contributed by atoms with Crippen molar-refractivity contribution in [3.63, 3.8) is 0 Å². The van der Waals surface area contributed by atoms with Crippen molar-refractivity contribution >= 4 is 21.7 Å². The van der Waals surface area contributed by atoms with E-state index in [4.69, 9.17) is 0 Å².